The fourth-order valence-electron chi connectivity index (χ4n) is 1.85. The van der Waals surface area contributed by atoms with E-state index in [0.717, 1.165) is 25.7 Å². The number of methoxy groups -OCH3 is 1. The lowest BCUT2D eigenvalue weighted by molar-refractivity contribution is -0.0716. The van der Waals surface area contributed by atoms with Gasteiger partial charge in [0.05, 0.1) is 24.9 Å². The Balaban J connectivity index is 2.19. The molecule has 0 aliphatic heterocycles. The molecular formula is C10H20O3. The Hall–Kier alpha value is -0.120. The van der Waals surface area contributed by atoms with Gasteiger partial charge >= 0.3 is 0 Å². The molecule has 0 amide bonds. The molecule has 3 heteroatoms. The lowest BCUT2D eigenvalue weighted by Crippen LogP contribution is -2.30. The molecule has 1 aliphatic carbocycles. The molecule has 0 radical (unpaired) electrons. The Bertz CT molecular complexity index is 138. The fraction of sp³-hybridized carbons (Fsp3) is 1.00. The third kappa shape index (κ3) is 4.07. The van der Waals surface area contributed by atoms with Gasteiger partial charge in [-0.3, -0.25) is 0 Å². The smallest absolute Gasteiger partial charge is 0.0784 e. The van der Waals surface area contributed by atoms with Crippen molar-refractivity contribution in [3.8, 4) is 0 Å². The largest absolute Gasteiger partial charge is 0.393 e. The van der Waals surface area contributed by atoms with E-state index in [1.54, 1.807) is 7.11 Å². The molecule has 0 heterocycles. The van der Waals surface area contributed by atoms with Crippen LogP contribution in [0.25, 0.3) is 0 Å². The summed E-state index contributed by atoms with van der Waals surface area (Å²) in [6.45, 7) is 2.64. The summed E-state index contributed by atoms with van der Waals surface area (Å²) in [5, 5.41) is 9.41. The van der Waals surface area contributed by atoms with Crippen LogP contribution < -0.4 is 0 Å². The predicted octanol–water partition coefficient (Wildman–Crippen LogP) is 1.34. The van der Waals surface area contributed by atoms with Gasteiger partial charge in [0.25, 0.3) is 0 Å². The summed E-state index contributed by atoms with van der Waals surface area (Å²) in [4.78, 5) is 0. The van der Waals surface area contributed by atoms with Crippen LogP contribution in [0, 0.1) is 0 Å². The van der Waals surface area contributed by atoms with Gasteiger partial charge < -0.3 is 14.6 Å². The minimum atomic E-state index is -0.159. The number of aliphatic hydroxyl groups is 1. The summed E-state index contributed by atoms with van der Waals surface area (Å²) >= 11 is 0. The van der Waals surface area contributed by atoms with Gasteiger partial charge in [0, 0.05) is 7.11 Å². The molecule has 1 N–H and O–H groups in total. The highest BCUT2D eigenvalue weighted by Crippen LogP contribution is 2.21. The Kier molecular flexibility index (Phi) is 4.70. The molecule has 13 heavy (non-hydrogen) atoms. The van der Waals surface area contributed by atoms with Gasteiger partial charge in [-0.05, 0) is 32.6 Å². The lowest BCUT2D eigenvalue weighted by Gasteiger charge is -2.28. The molecule has 0 aromatic rings. The Morgan fingerprint density at radius 3 is 2.85 bits per heavy atom. The summed E-state index contributed by atoms with van der Waals surface area (Å²) in [5.74, 6) is 0. The van der Waals surface area contributed by atoms with Crippen molar-refractivity contribution in [3.63, 3.8) is 0 Å². The van der Waals surface area contributed by atoms with E-state index >= 15 is 0 Å². The second-order valence-corrected chi connectivity index (χ2v) is 3.84. The van der Waals surface area contributed by atoms with Gasteiger partial charge in [-0.2, -0.15) is 0 Å². The van der Waals surface area contributed by atoms with Gasteiger partial charge in [-0.25, -0.2) is 0 Å². The molecule has 0 saturated heterocycles. The van der Waals surface area contributed by atoms with E-state index < -0.39 is 0 Å². The van der Waals surface area contributed by atoms with Crippen molar-refractivity contribution in [2.24, 2.45) is 0 Å². The predicted molar refractivity (Wildman–Crippen MR) is 50.7 cm³/mol. The van der Waals surface area contributed by atoms with E-state index in [0.29, 0.717) is 6.61 Å². The first-order valence-corrected chi connectivity index (χ1v) is 5.05. The van der Waals surface area contributed by atoms with Crippen LogP contribution >= 0.6 is 0 Å². The summed E-state index contributed by atoms with van der Waals surface area (Å²) in [6, 6.07) is 0. The zero-order valence-electron chi connectivity index (χ0n) is 8.53. The van der Waals surface area contributed by atoms with Crippen molar-refractivity contribution in [1.82, 2.24) is 0 Å². The standard InChI is InChI=1S/C10H20O3/c1-8(7-12-2)13-10-5-3-4-9(11)6-10/h8-11H,3-7H2,1-2H3. The third-order valence-corrected chi connectivity index (χ3v) is 2.42. The molecule has 3 unspecified atom stereocenters. The number of hydrogen-bond acceptors (Lipinski definition) is 3. The maximum Gasteiger partial charge on any atom is 0.0784 e. The minimum absolute atomic E-state index is 0.139. The van der Waals surface area contributed by atoms with Crippen LogP contribution in [0.3, 0.4) is 0 Å². The molecule has 1 saturated carbocycles. The van der Waals surface area contributed by atoms with Crippen LogP contribution in [-0.4, -0.2) is 37.1 Å². The Morgan fingerprint density at radius 2 is 2.23 bits per heavy atom. The van der Waals surface area contributed by atoms with Crippen LogP contribution in [0.15, 0.2) is 0 Å². The zero-order valence-corrected chi connectivity index (χ0v) is 8.53. The molecule has 0 aromatic carbocycles. The molecule has 3 nitrogen and oxygen atoms in total. The van der Waals surface area contributed by atoms with Crippen molar-refractivity contribution < 1.29 is 14.6 Å². The molecule has 0 aromatic heterocycles. The van der Waals surface area contributed by atoms with Crippen molar-refractivity contribution in [2.75, 3.05) is 13.7 Å². The molecule has 78 valence electrons. The van der Waals surface area contributed by atoms with E-state index in [4.69, 9.17) is 9.47 Å². The minimum Gasteiger partial charge on any atom is -0.393 e. The van der Waals surface area contributed by atoms with Crippen LogP contribution in [0.1, 0.15) is 32.6 Å². The summed E-state index contributed by atoms with van der Waals surface area (Å²) in [6.07, 6.45) is 4.08. The zero-order chi connectivity index (χ0) is 9.68. The van der Waals surface area contributed by atoms with Crippen molar-refractivity contribution in [3.05, 3.63) is 0 Å². The second kappa shape index (κ2) is 5.58. The molecule has 0 spiro atoms. The molecule has 1 fully saturated rings. The highest BCUT2D eigenvalue weighted by atomic mass is 16.5. The Labute approximate surface area is 80.0 Å². The van der Waals surface area contributed by atoms with E-state index in [2.05, 4.69) is 0 Å². The molecular weight excluding hydrogens is 168 g/mol. The van der Waals surface area contributed by atoms with Crippen LogP contribution in [0.5, 0.6) is 0 Å². The normalized spacial score (nSPS) is 31.6. The van der Waals surface area contributed by atoms with Crippen molar-refractivity contribution >= 4 is 0 Å². The average Bonchev–Trinajstić information content (AvgIpc) is 2.04. The number of rotatable bonds is 4. The first-order chi connectivity index (χ1) is 6.22. The SMILES string of the molecule is COCC(C)OC1CCCC(O)C1. The van der Waals surface area contributed by atoms with Crippen molar-refractivity contribution in [1.29, 1.82) is 0 Å². The lowest BCUT2D eigenvalue weighted by atomic mass is 9.95. The maximum absolute atomic E-state index is 9.41. The molecule has 0 bridgehead atoms. The average molecular weight is 188 g/mol. The quantitative estimate of drug-likeness (QED) is 0.723. The van der Waals surface area contributed by atoms with Crippen LogP contribution in [0.2, 0.25) is 0 Å². The second-order valence-electron chi connectivity index (χ2n) is 3.84. The third-order valence-electron chi connectivity index (χ3n) is 2.42. The summed E-state index contributed by atoms with van der Waals surface area (Å²) in [7, 11) is 1.68. The van der Waals surface area contributed by atoms with Gasteiger partial charge in [0.1, 0.15) is 0 Å². The topological polar surface area (TPSA) is 38.7 Å². The monoisotopic (exact) mass is 188 g/mol. The fourth-order valence-corrected chi connectivity index (χ4v) is 1.85. The van der Waals surface area contributed by atoms with Crippen molar-refractivity contribution in [2.45, 2.75) is 50.9 Å². The maximum atomic E-state index is 9.41. The van der Waals surface area contributed by atoms with E-state index in [9.17, 15) is 5.11 Å². The Morgan fingerprint density at radius 1 is 1.46 bits per heavy atom. The van der Waals surface area contributed by atoms with Gasteiger partial charge in [0.2, 0.25) is 0 Å². The van der Waals surface area contributed by atoms with E-state index in [-0.39, 0.29) is 18.3 Å². The van der Waals surface area contributed by atoms with E-state index in [1.165, 1.54) is 0 Å². The van der Waals surface area contributed by atoms with Gasteiger partial charge in [-0.15, -0.1) is 0 Å². The molecule has 3 atom stereocenters. The first-order valence-electron chi connectivity index (χ1n) is 5.05. The van der Waals surface area contributed by atoms with Gasteiger partial charge in [0.15, 0.2) is 0 Å². The first kappa shape index (κ1) is 11.0. The summed E-state index contributed by atoms with van der Waals surface area (Å²) in [5.41, 5.74) is 0. The number of hydrogen-bond donors (Lipinski definition) is 1. The number of aliphatic hydroxyl groups excluding tert-OH is 1. The van der Waals surface area contributed by atoms with Gasteiger partial charge in [-0.1, -0.05) is 0 Å². The summed E-state index contributed by atoms with van der Waals surface area (Å²) < 4.78 is 10.7. The highest BCUT2D eigenvalue weighted by Gasteiger charge is 2.22. The highest BCUT2D eigenvalue weighted by molar-refractivity contribution is 4.73. The number of ether oxygens (including phenoxy) is 2. The van der Waals surface area contributed by atoms with E-state index in [1.807, 2.05) is 6.92 Å². The van der Waals surface area contributed by atoms with Crippen LogP contribution in [0.4, 0.5) is 0 Å². The van der Waals surface area contributed by atoms with Crippen LogP contribution in [-0.2, 0) is 9.47 Å². The molecule has 1 rings (SSSR count). The molecule has 1 aliphatic rings.